The third-order valence-corrected chi connectivity index (χ3v) is 3.39. The number of nitrogens with zero attached hydrogens (tertiary/aromatic N) is 3. The minimum Gasteiger partial charge on any atom is -0.322 e. The lowest BCUT2D eigenvalue weighted by atomic mass is 10.1. The van der Waals surface area contributed by atoms with Gasteiger partial charge in [0.25, 0.3) is 5.91 Å². The number of hydrogen-bond donors (Lipinski definition) is 1. The summed E-state index contributed by atoms with van der Waals surface area (Å²) in [5.41, 5.74) is 2.20. The molecule has 1 amide bonds. The number of rotatable bonds is 4. The minimum atomic E-state index is -0.200. The normalized spacial score (nSPS) is 10.4. The first-order valence-electron chi connectivity index (χ1n) is 6.69. The van der Waals surface area contributed by atoms with Gasteiger partial charge in [0.2, 0.25) is 0 Å². The Morgan fingerprint density at radius 2 is 2.05 bits per heavy atom. The lowest BCUT2D eigenvalue weighted by Gasteiger charge is -2.11. The van der Waals surface area contributed by atoms with E-state index in [1.165, 1.54) is 6.33 Å². The average Bonchev–Trinajstić information content (AvgIpc) is 3.02. The van der Waals surface area contributed by atoms with Crippen molar-refractivity contribution in [1.29, 1.82) is 0 Å². The zero-order chi connectivity index (χ0) is 15.4. The molecule has 0 bridgehead atoms. The summed E-state index contributed by atoms with van der Waals surface area (Å²) in [4.78, 5) is 16.2. The largest absolute Gasteiger partial charge is 0.322 e. The molecule has 0 fully saturated rings. The van der Waals surface area contributed by atoms with Gasteiger partial charge in [0.1, 0.15) is 12.7 Å². The summed E-state index contributed by atoms with van der Waals surface area (Å²) in [5, 5.41) is 7.52. The molecule has 22 heavy (non-hydrogen) atoms. The van der Waals surface area contributed by atoms with Crippen LogP contribution in [0.1, 0.15) is 15.9 Å². The molecule has 0 radical (unpaired) electrons. The molecule has 3 rings (SSSR count). The van der Waals surface area contributed by atoms with Crippen molar-refractivity contribution in [3.05, 3.63) is 77.3 Å². The fourth-order valence-electron chi connectivity index (χ4n) is 2.09. The SMILES string of the molecule is O=C(Nc1ccccc1Cn1cncn1)c1cccc(Cl)c1. The highest BCUT2D eigenvalue weighted by molar-refractivity contribution is 6.31. The maximum Gasteiger partial charge on any atom is 0.255 e. The Kier molecular flexibility index (Phi) is 4.16. The van der Waals surface area contributed by atoms with E-state index < -0.39 is 0 Å². The van der Waals surface area contributed by atoms with Crippen molar-refractivity contribution in [3.63, 3.8) is 0 Å². The molecule has 1 N–H and O–H groups in total. The first kappa shape index (κ1) is 14.3. The summed E-state index contributed by atoms with van der Waals surface area (Å²) in [6.45, 7) is 0.534. The summed E-state index contributed by atoms with van der Waals surface area (Å²) < 4.78 is 1.70. The number of benzene rings is 2. The summed E-state index contributed by atoms with van der Waals surface area (Å²) in [5.74, 6) is -0.200. The van der Waals surface area contributed by atoms with Gasteiger partial charge in [-0.15, -0.1) is 0 Å². The van der Waals surface area contributed by atoms with E-state index in [-0.39, 0.29) is 5.91 Å². The Bertz CT molecular complexity index is 786. The van der Waals surface area contributed by atoms with Gasteiger partial charge in [-0.25, -0.2) is 9.67 Å². The van der Waals surface area contributed by atoms with Gasteiger partial charge in [-0.3, -0.25) is 4.79 Å². The molecule has 0 saturated carbocycles. The molecular formula is C16H13ClN4O. The van der Waals surface area contributed by atoms with Crippen molar-refractivity contribution in [3.8, 4) is 0 Å². The topological polar surface area (TPSA) is 59.8 Å². The Balaban J connectivity index is 1.81. The van der Waals surface area contributed by atoms with Crippen molar-refractivity contribution < 1.29 is 4.79 Å². The number of anilines is 1. The maximum absolute atomic E-state index is 12.3. The molecule has 0 unspecified atom stereocenters. The van der Waals surface area contributed by atoms with E-state index in [9.17, 15) is 4.79 Å². The van der Waals surface area contributed by atoms with Crippen LogP contribution in [0.2, 0.25) is 5.02 Å². The van der Waals surface area contributed by atoms with Crippen molar-refractivity contribution in [2.24, 2.45) is 0 Å². The quantitative estimate of drug-likeness (QED) is 0.804. The Hall–Kier alpha value is -2.66. The van der Waals surface area contributed by atoms with E-state index in [1.807, 2.05) is 24.3 Å². The van der Waals surface area contributed by atoms with Crippen LogP contribution in [0.5, 0.6) is 0 Å². The second-order valence-electron chi connectivity index (χ2n) is 4.71. The van der Waals surface area contributed by atoms with E-state index in [1.54, 1.807) is 35.3 Å². The van der Waals surface area contributed by atoms with E-state index in [2.05, 4.69) is 15.4 Å². The Morgan fingerprint density at radius 1 is 1.18 bits per heavy atom. The Labute approximate surface area is 132 Å². The molecule has 1 heterocycles. The predicted octanol–water partition coefficient (Wildman–Crippen LogP) is 3.23. The third-order valence-electron chi connectivity index (χ3n) is 3.15. The monoisotopic (exact) mass is 312 g/mol. The lowest BCUT2D eigenvalue weighted by molar-refractivity contribution is 0.102. The average molecular weight is 313 g/mol. The number of carbonyl (C=O) groups excluding carboxylic acids is 1. The standard InChI is InChI=1S/C16H13ClN4O/c17-14-6-3-5-12(8-14)16(22)20-15-7-2-1-4-13(15)9-21-11-18-10-19-21/h1-8,10-11H,9H2,(H,20,22). The van der Waals surface area contributed by atoms with Crippen LogP contribution in [0.4, 0.5) is 5.69 Å². The highest BCUT2D eigenvalue weighted by Crippen LogP contribution is 2.18. The molecule has 0 aliphatic rings. The summed E-state index contributed by atoms with van der Waals surface area (Å²) >= 11 is 5.92. The summed E-state index contributed by atoms with van der Waals surface area (Å²) in [6, 6.07) is 14.4. The molecule has 0 saturated heterocycles. The van der Waals surface area contributed by atoms with Gasteiger partial charge in [0, 0.05) is 16.3 Å². The summed E-state index contributed by atoms with van der Waals surface area (Å²) in [7, 11) is 0. The van der Waals surface area contributed by atoms with E-state index in [4.69, 9.17) is 11.6 Å². The fourth-order valence-corrected chi connectivity index (χ4v) is 2.28. The molecule has 2 aromatic carbocycles. The van der Waals surface area contributed by atoms with Crippen LogP contribution in [0.15, 0.2) is 61.2 Å². The smallest absolute Gasteiger partial charge is 0.255 e. The molecule has 0 atom stereocenters. The fraction of sp³-hybridized carbons (Fsp3) is 0.0625. The molecule has 6 heteroatoms. The summed E-state index contributed by atoms with van der Waals surface area (Å²) in [6.07, 6.45) is 3.11. The van der Waals surface area contributed by atoms with Gasteiger partial charge in [-0.1, -0.05) is 35.9 Å². The van der Waals surface area contributed by atoms with Gasteiger partial charge in [0.05, 0.1) is 6.54 Å². The van der Waals surface area contributed by atoms with Gasteiger partial charge < -0.3 is 5.32 Å². The second kappa shape index (κ2) is 6.41. The van der Waals surface area contributed by atoms with Gasteiger partial charge in [-0.05, 0) is 29.8 Å². The van der Waals surface area contributed by atoms with Crippen molar-refractivity contribution in [2.45, 2.75) is 6.54 Å². The number of para-hydroxylation sites is 1. The molecule has 1 aromatic heterocycles. The number of hydrogen-bond acceptors (Lipinski definition) is 3. The van der Waals surface area contributed by atoms with E-state index in [0.717, 1.165) is 11.3 Å². The van der Waals surface area contributed by atoms with Crippen LogP contribution in [0.25, 0.3) is 0 Å². The first-order chi connectivity index (χ1) is 10.7. The molecule has 3 aromatic rings. The van der Waals surface area contributed by atoms with E-state index in [0.29, 0.717) is 17.1 Å². The molecule has 5 nitrogen and oxygen atoms in total. The second-order valence-corrected chi connectivity index (χ2v) is 5.15. The molecule has 0 aliphatic carbocycles. The number of halogens is 1. The van der Waals surface area contributed by atoms with E-state index >= 15 is 0 Å². The predicted molar refractivity (Wildman–Crippen MR) is 85.0 cm³/mol. The molecular weight excluding hydrogens is 300 g/mol. The van der Waals surface area contributed by atoms with Crippen LogP contribution in [0.3, 0.4) is 0 Å². The van der Waals surface area contributed by atoms with Crippen LogP contribution in [0, 0.1) is 0 Å². The number of aromatic nitrogens is 3. The number of carbonyl (C=O) groups is 1. The molecule has 0 aliphatic heterocycles. The van der Waals surface area contributed by atoms with Crippen molar-refractivity contribution >= 4 is 23.2 Å². The molecule has 0 spiro atoms. The van der Waals surface area contributed by atoms with Gasteiger partial charge in [0.15, 0.2) is 0 Å². The number of nitrogens with one attached hydrogen (secondary N) is 1. The zero-order valence-corrected chi connectivity index (χ0v) is 12.4. The first-order valence-corrected chi connectivity index (χ1v) is 7.07. The maximum atomic E-state index is 12.3. The highest BCUT2D eigenvalue weighted by Gasteiger charge is 2.09. The molecule has 110 valence electrons. The van der Waals surface area contributed by atoms with Crippen molar-refractivity contribution in [2.75, 3.05) is 5.32 Å². The zero-order valence-electron chi connectivity index (χ0n) is 11.6. The lowest BCUT2D eigenvalue weighted by Crippen LogP contribution is -2.14. The van der Waals surface area contributed by atoms with Crippen LogP contribution >= 0.6 is 11.6 Å². The number of amides is 1. The van der Waals surface area contributed by atoms with Crippen LogP contribution in [-0.2, 0) is 6.54 Å². The van der Waals surface area contributed by atoms with Gasteiger partial charge in [-0.2, -0.15) is 5.10 Å². The van der Waals surface area contributed by atoms with Crippen LogP contribution in [-0.4, -0.2) is 20.7 Å². The van der Waals surface area contributed by atoms with Crippen molar-refractivity contribution in [1.82, 2.24) is 14.8 Å². The minimum absolute atomic E-state index is 0.200. The van der Waals surface area contributed by atoms with Gasteiger partial charge >= 0.3 is 0 Å². The van der Waals surface area contributed by atoms with Crippen LogP contribution < -0.4 is 5.32 Å². The highest BCUT2D eigenvalue weighted by atomic mass is 35.5. The Morgan fingerprint density at radius 3 is 2.82 bits per heavy atom. The third kappa shape index (κ3) is 3.32.